The van der Waals surface area contributed by atoms with Crippen LogP contribution in [0.3, 0.4) is 0 Å². The van der Waals surface area contributed by atoms with E-state index in [0.717, 1.165) is 28.1 Å². The van der Waals surface area contributed by atoms with E-state index in [0.29, 0.717) is 5.37 Å². The van der Waals surface area contributed by atoms with E-state index in [2.05, 4.69) is 27.7 Å². The molecule has 1 N–H and O–H groups in total. The number of nitrogens with zero attached hydrogens (tertiary/aromatic N) is 1. The minimum absolute atomic E-state index is 0.335. The largest absolute Gasteiger partial charge is 0.333 e. The van der Waals surface area contributed by atoms with Crippen LogP contribution in [0.4, 0.5) is 5.69 Å². The molecule has 6 heteroatoms. The van der Waals surface area contributed by atoms with Gasteiger partial charge in [0.2, 0.25) is 0 Å². The van der Waals surface area contributed by atoms with Crippen LogP contribution in [0.15, 0.2) is 41.8 Å². The van der Waals surface area contributed by atoms with E-state index >= 15 is 0 Å². The van der Waals surface area contributed by atoms with Crippen LogP contribution in [-0.2, 0) is 0 Å². The Labute approximate surface area is 137 Å². The second kappa shape index (κ2) is 6.35. The monoisotopic (exact) mass is 340 g/mol. The Balaban J connectivity index is 1.71. The van der Waals surface area contributed by atoms with Gasteiger partial charge in [0.05, 0.1) is 0 Å². The van der Waals surface area contributed by atoms with E-state index in [-0.39, 0.29) is 0 Å². The van der Waals surface area contributed by atoms with E-state index in [1.807, 2.05) is 36.0 Å². The normalized spacial score (nSPS) is 18.2. The summed E-state index contributed by atoms with van der Waals surface area (Å²) in [6, 6.07) is 11.9. The summed E-state index contributed by atoms with van der Waals surface area (Å²) in [5.41, 5.74) is 0.973. The Morgan fingerprint density at radius 2 is 2.10 bits per heavy atom. The number of thioether (sulfide) groups is 1. The first-order valence-corrected chi connectivity index (χ1v) is 8.94. The number of hydrogen-bond acceptors (Lipinski definition) is 3. The molecule has 0 bridgehead atoms. The molecule has 2 nitrogen and oxygen atoms in total. The highest BCUT2D eigenvalue weighted by Gasteiger charge is 2.29. The van der Waals surface area contributed by atoms with E-state index in [1.54, 1.807) is 11.3 Å². The van der Waals surface area contributed by atoms with E-state index in [4.69, 9.17) is 23.8 Å². The fraction of sp³-hybridized carbons (Fsp3) is 0.214. The number of halogens is 1. The predicted octanol–water partition coefficient (Wildman–Crippen LogP) is 4.85. The van der Waals surface area contributed by atoms with Crippen molar-refractivity contribution in [3.63, 3.8) is 0 Å². The maximum Gasteiger partial charge on any atom is 0.174 e. The van der Waals surface area contributed by atoms with Gasteiger partial charge in [-0.3, -0.25) is 0 Å². The van der Waals surface area contributed by atoms with Crippen LogP contribution >= 0.6 is 46.9 Å². The molecule has 0 aliphatic carbocycles. The Kier molecular flexibility index (Phi) is 4.51. The molecule has 0 unspecified atom stereocenters. The number of nitrogens with one attached hydrogen (secondary N) is 1. The lowest BCUT2D eigenvalue weighted by atomic mass is 10.3. The molecule has 1 atom stereocenters. The standard InChI is InChI=1S/C14H13ClN2S3/c15-10-3-5-11(6-4-10)16-14(18)17-7-9-20-13(17)12-2-1-8-19-12/h1-6,8,13H,7,9H2,(H,16,18)/t13-/m0/s1. The molecule has 1 aliphatic heterocycles. The maximum atomic E-state index is 5.89. The second-order valence-electron chi connectivity index (χ2n) is 4.37. The SMILES string of the molecule is S=C(Nc1ccc(Cl)cc1)N1CCS[C@H]1c1cccs1. The third kappa shape index (κ3) is 3.11. The fourth-order valence-corrected chi connectivity index (χ4v) is 4.83. The third-order valence-corrected chi connectivity index (χ3v) is 5.94. The van der Waals surface area contributed by atoms with Crippen LogP contribution in [0.2, 0.25) is 5.02 Å². The molecule has 1 aromatic carbocycles. The van der Waals surface area contributed by atoms with Gasteiger partial charge in [0, 0.05) is 27.9 Å². The van der Waals surface area contributed by atoms with Crippen molar-refractivity contribution in [1.29, 1.82) is 0 Å². The fourth-order valence-electron chi connectivity index (χ4n) is 2.07. The van der Waals surface area contributed by atoms with Crippen molar-refractivity contribution in [2.24, 2.45) is 0 Å². The zero-order valence-corrected chi connectivity index (χ0v) is 13.8. The van der Waals surface area contributed by atoms with Gasteiger partial charge in [0.15, 0.2) is 5.11 Å². The number of benzene rings is 1. The maximum absolute atomic E-state index is 5.89. The molecule has 1 aliphatic rings. The van der Waals surface area contributed by atoms with Crippen molar-refractivity contribution in [1.82, 2.24) is 4.90 Å². The lowest BCUT2D eigenvalue weighted by molar-refractivity contribution is 0.462. The van der Waals surface area contributed by atoms with Crippen LogP contribution in [0.1, 0.15) is 10.3 Å². The zero-order chi connectivity index (χ0) is 13.9. The Bertz CT molecular complexity index is 583. The minimum atomic E-state index is 0.335. The first-order valence-electron chi connectivity index (χ1n) is 6.22. The van der Waals surface area contributed by atoms with Crippen LogP contribution in [0, 0.1) is 0 Å². The van der Waals surface area contributed by atoms with Crippen LogP contribution in [-0.4, -0.2) is 22.3 Å². The third-order valence-electron chi connectivity index (χ3n) is 3.03. The van der Waals surface area contributed by atoms with Crippen molar-refractivity contribution in [2.75, 3.05) is 17.6 Å². The van der Waals surface area contributed by atoms with Gasteiger partial charge in [-0.05, 0) is 47.9 Å². The molecule has 2 heterocycles. The Morgan fingerprint density at radius 3 is 2.80 bits per heavy atom. The number of thiocarbonyl (C=S) groups is 1. The van der Waals surface area contributed by atoms with Crippen LogP contribution in [0.5, 0.6) is 0 Å². The summed E-state index contributed by atoms with van der Waals surface area (Å²) in [5.74, 6) is 1.10. The summed E-state index contributed by atoms with van der Waals surface area (Å²) in [5, 5.41) is 7.25. The molecule has 0 saturated carbocycles. The lowest BCUT2D eigenvalue weighted by Crippen LogP contribution is -2.33. The molecule has 0 spiro atoms. The molecule has 0 radical (unpaired) electrons. The molecule has 20 heavy (non-hydrogen) atoms. The minimum Gasteiger partial charge on any atom is -0.333 e. The molecular weight excluding hydrogens is 328 g/mol. The molecule has 1 fully saturated rings. The summed E-state index contributed by atoms with van der Waals surface area (Å²) in [7, 11) is 0. The number of rotatable bonds is 2. The van der Waals surface area contributed by atoms with Gasteiger partial charge in [-0.25, -0.2) is 0 Å². The summed E-state index contributed by atoms with van der Waals surface area (Å²) in [6.07, 6.45) is 0. The van der Waals surface area contributed by atoms with Crippen molar-refractivity contribution < 1.29 is 0 Å². The van der Waals surface area contributed by atoms with Gasteiger partial charge in [-0.1, -0.05) is 17.7 Å². The number of anilines is 1. The highest BCUT2D eigenvalue weighted by atomic mass is 35.5. The first-order chi connectivity index (χ1) is 9.74. The van der Waals surface area contributed by atoms with Gasteiger partial charge in [-0.15, -0.1) is 23.1 Å². The van der Waals surface area contributed by atoms with Crippen LogP contribution < -0.4 is 5.32 Å². The molecule has 3 rings (SSSR count). The zero-order valence-electron chi connectivity index (χ0n) is 10.6. The number of hydrogen-bond donors (Lipinski definition) is 1. The van der Waals surface area contributed by atoms with Crippen molar-refractivity contribution in [3.8, 4) is 0 Å². The molecule has 1 saturated heterocycles. The number of thiophene rings is 1. The van der Waals surface area contributed by atoms with Gasteiger partial charge in [0.25, 0.3) is 0 Å². The van der Waals surface area contributed by atoms with E-state index < -0.39 is 0 Å². The highest BCUT2D eigenvalue weighted by molar-refractivity contribution is 7.99. The summed E-state index contributed by atoms with van der Waals surface area (Å²) >= 11 is 15.2. The smallest absolute Gasteiger partial charge is 0.174 e. The van der Waals surface area contributed by atoms with Gasteiger partial charge < -0.3 is 10.2 Å². The summed E-state index contributed by atoms with van der Waals surface area (Å²) < 4.78 is 0. The second-order valence-corrected chi connectivity index (χ2v) is 7.36. The van der Waals surface area contributed by atoms with E-state index in [1.165, 1.54) is 4.88 Å². The Hall–Kier alpha value is -0.750. The van der Waals surface area contributed by atoms with Crippen molar-refractivity contribution in [3.05, 3.63) is 51.7 Å². The van der Waals surface area contributed by atoms with Crippen LogP contribution in [0.25, 0.3) is 0 Å². The molecule has 1 aromatic heterocycles. The quantitative estimate of drug-likeness (QED) is 0.786. The lowest BCUT2D eigenvalue weighted by Gasteiger charge is -2.26. The van der Waals surface area contributed by atoms with Crippen molar-refractivity contribution >= 4 is 57.7 Å². The first kappa shape index (κ1) is 14.2. The van der Waals surface area contributed by atoms with Gasteiger partial charge >= 0.3 is 0 Å². The van der Waals surface area contributed by atoms with Gasteiger partial charge in [0.1, 0.15) is 5.37 Å². The van der Waals surface area contributed by atoms with Gasteiger partial charge in [-0.2, -0.15) is 0 Å². The summed E-state index contributed by atoms with van der Waals surface area (Å²) in [4.78, 5) is 3.60. The molecule has 104 valence electrons. The average molecular weight is 341 g/mol. The predicted molar refractivity (Wildman–Crippen MR) is 93.9 cm³/mol. The van der Waals surface area contributed by atoms with Crippen molar-refractivity contribution in [2.45, 2.75) is 5.37 Å². The Morgan fingerprint density at radius 1 is 1.30 bits per heavy atom. The van der Waals surface area contributed by atoms with E-state index in [9.17, 15) is 0 Å². The molecule has 0 amide bonds. The topological polar surface area (TPSA) is 15.3 Å². The molecule has 2 aromatic rings. The highest BCUT2D eigenvalue weighted by Crippen LogP contribution is 2.40. The molecular formula is C14H13ClN2S3. The average Bonchev–Trinajstić information content (AvgIpc) is 3.11. The summed E-state index contributed by atoms with van der Waals surface area (Å²) in [6.45, 7) is 0.979.